The first-order chi connectivity index (χ1) is 14.6. The molecule has 3 heterocycles. The van der Waals surface area contributed by atoms with Crippen LogP contribution < -0.4 is 5.56 Å². The van der Waals surface area contributed by atoms with Crippen molar-refractivity contribution >= 4 is 22.6 Å². The van der Waals surface area contributed by atoms with Gasteiger partial charge < -0.3 is 4.52 Å². The van der Waals surface area contributed by atoms with Gasteiger partial charge in [-0.15, -0.1) is 0 Å². The van der Waals surface area contributed by atoms with Gasteiger partial charge in [-0.05, 0) is 24.6 Å². The Labute approximate surface area is 175 Å². The molecule has 148 valence electrons. The van der Waals surface area contributed by atoms with E-state index in [1.165, 1.54) is 17.1 Å². The van der Waals surface area contributed by atoms with Gasteiger partial charge in [-0.3, -0.25) is 9.36 Å². The maximum atomic E-state index is 12.9. The zero-order chi connectivity index (χ0) is 20.7. The van der Waals surface area contributed by atoms with Crippen molar-refractivity contribution in [1.82, 2.24) is 29.5 Å². The number of fused-ring (bicyclic) bond motifs is 1. The van der Waals surface area contributed by atoms with Crippen molar-refractivity contribution in [2.75, 3.05) is 0 Å². The van der Waals surface area contributed by atoms with Gasteiger partial charge >= 0.3 is 0 Å². The molecule has 0 unspecified atom stereocenters. The first-order valence-corrected chi connectivity index (χ1v) is 9.55. The molecular formula is C21H15ClN6O2. The lowest BCUT2D eigenvalue weighted by atomic mass is 10.2. The Morgan fingerprint density at radius 2 is 1.97 bits per heavy atom. The number of hydrogen-bond donors (Lipinski definition) is 0. The molecule has 0 amide bonds. The van der Waals surface area contributed by atoms with Gasteiger partial charge in [0.2, 0.25) is 11.7 Å². The monoisotopic (exact) mass is 418 g/mol. The molecule has 0 fully saturated rings. The molecule has 0 aliphatic heterocycles. The fraction of sp³-hybridized carbons (Fsp3) is 0.0952. The summed E-state index contributed by atoms with van der Waals surface area (Å²) in [6, 6.07) is 15.0. The minimum Gasteiger partial charge on any atom is -0.337 e. The third kappa shape index (κ3) is 3.17. The highest BCUT2D eigenvalue weighted by molar-refractivity contribution is 6.31. The van der Waals surface area contributed by atoms with E-state index >= 15 is 0 Å². The highest BCUT2D eigenvalue weighted by Gasteiger charge is 2.15. The van der Waals surface area contributed by atoms with Gasteiger partial charge in [0.15, 0.2) is 5.65 Å². The number of halogens is 1. The molecule has 5 aromatic rings. The van der Waals surface area contributed by atoms with Gasteiger partial charge in [0, 0.05) is 10.6 Å². The minimum absolute atomic E-state index is 0.114. The largest absolute Gasteiger partial charge is 0.337 e. The average molecular weight is 419 g/mol. The fourth-order valence-electron chi connectivity index (χ4n) is 3.13. The van der Waals surface area contributed by atoms with Crippen molar-refractivity contribution in [2.24, 2.45) is 0 Å². The van der Waals surface area contributed by atoms with Crippen molar-refractivity contribution in [2.45, 2.75) is 13.5 Å². The van der Waals surface area contributed by atoms with Crippen molar-refractivity contribution < 1.29 is 4.52 Å². The normalized spacial score (nSPS) is 11.3. The SMILES string of the molecule is Cc1ccc(-n2ncc3c(=O)n(Cc4nc(-c5ccccc5)no4)cnc32)cc1Cl. The number of rotatable bonds is 4. The van der Waals surface area contributed by atoms with Gasteiger partial charge in [-0.25, -0.2) is 9.67 Å². The second-order valence-corrected chi connectivity index (χ2v) is 7.19. The fourth-order valence-corrected chi connectivity index (χ4v) is 3.31. The lowest BCUT2D eigenvalue weighted by Gasteiger charge is -2.06. The number of benzene rings is 2. The van der Waals surface area contributed by atoms with Crippen LogP contribution >= 0.6 is 11.6 Å². The first-order valence-electron chi connectivity index (χ1n) is 9.18. The number of aryl methyl sites for hydroxylation is 1. The molecule has 0 aliphatic carbocycles. The van der Waals surface area contributed by atoms with Crippen molar-refractivity contribution in [1.29, 1.82) is 0 Å². The number of aromatic nitrogens is 6. The lowest BCUT2D eigenvalue weighted by molar-refractivity contribution is 0.369. The molecule has 8 nitrogen and oxygen atoms in total. The molecule has 0 saturated heterocycles. The Hall–Kier alpha value is -3.78. The van der Waals surface area contributed by atoms with E-state index in [1.807, 2.05) is 49.4 Å². The van der Waals surface area contributed by atoms with Gasteiger partial charge in [0.1, 0.15) is 18.3 Å². The molecule has 0 N–H and O–H groups in total. The van der Waals surface area contributed by atoms with Crippen LogP contribution in [0.5, 0.6) is 0 Å². The van der Waals surface area contributed by atoms with Crippen molar-refractivity contribution in [3.05, 3.63) is 87.9 Å². The van der Waals surface area contributed by atoms with E-state index < -0.39 is 0 Å². The van der Waals surface area contributed by atoms with Crippen LogP contribution in [0.1, 0.15) is 11.5 Å². The molecule has 2 aromatic carbocycles. The van der Waals surface area contributed by atoms with Crippen LogP contribution in [0.2, 0.25) is 5.02 Å². The average Bonchev–Trinajstić information content (AvgIpc) is 3.40. The molecule has 0 aliphatic rings. The van der Waals surface area contributed by atoms with Crippen LogP contribution in [-0.4, -0.2) is 29.5 Å². The number of nitrogens with zero attached hydrogens (tertiary/aromatic N) is 6. The van der Waals surface area contributed by atoms with E-state index in [-0.39, 0.29) is 12.1 Å². The predicted molar refractivity (Wildman–Crippen MR) is 112 cm³/mol. The minimum atomic E-state index is -0.246. The van der Waals surface area contributed by atoms with Crippen LogP contribution in [0.3, 0.4) is 0 Å². The quantitative estimate of drug-likeness (QED) is 0.442. The molecule has 3 aromatic heterocycles. The lowest BCUT2D eigenvalue weighted by Crippen LogP contribution is -2.21. The Morgan fingerprint density at radius 1 is 1.13 bits per heavy atom. The van der Waals surface area contributed by atoms with E-state index in [2.05, 4.69) is 20.2 Å². The van der Waals surface area contributed by atoms with Crippen LogP contribution in [0.4, 0.5) is 0 Å². The van der Waals surface area contributed by atoms with Crippen LogP contribution in [0.15, 0.2) is 70.4 Å². The third-order valence-electron chi connectivity index (χ3n) is 4.76. The summed E-state index contributed by atoms with van der Waals surface area (Å²) in [6.07, 6.45) is 2.95. The summed E-state index contributed by atoms with van der Waals surface area (Å²) >= 11 is 6.22. The second kappa shape index (κ2) is 7.23. The van der Waals surface area contributed by atoms with Crippen molar-refractivity contribution in [3.63, 3.8) is 0 Å². The summed E-state index contributed by atoms with van der Waals surface area (Å²) in [5.41, 5.74) is 2.73. The number of hydrogen-bond acceptors (Lipinski definition) is 6. The molecule has 0 atom stereocenters. The molecule has 0 radical (unpaired) electrons. The highest BCUT2D eigenvalue weighted by Crippen LogP contribution is 2.21. The Bertz CT molecular complexity index is 1420. The topological polar surface area (TPSA) is 91.6 Å². The Kier molecular flexibility index (Phi) is 4.40. The molecule has 0 bridgehead atoms. The summed E-state index contributed by atoms with van der Waals surface area (Å²) in [7, 11) is 0. The summed E-state index contributed by atoms with van der Waals surface area (Å²) in [5, 5.41) is 9.31. The van der Waals surface area contributed by atoms with Crippen LogP contribution in [-0.2, 0) is 6.54 Å². The third-order valence-corrected chi connectivity index (χ3v) is 5.17. The molecule has 0 saturated carbocycles. The Balaban J connectivity index is 1.48. The smallest absolute Gasteiger partial charge is 0.264 e. The van der Waals surface area contributed by atoms with E-state index in [0.717, 1.165) is 16.8 Å². The molecule has 0 spiro atoms. The summed E-state index contributed by atoms with van der Waals surface area (Å²) in [4.78, 5) is 21.7. The molecule has 30 heavy (non-hydrogen) atoms. The second-order valence-electron chi connectivity index (χ2n) is 6.78. The first kappa shape index (κ1) is 18.3. The predicted octanol–water partition coefficient (Wildman–Crippen LogP) is 3.64. The summed E-state index contributed by atoms with van der Waals surface area (Å²) in [5.74, 6) is 0.784. The summed E-state index contributed by atoms with van der Waals surface area (Å²) < 4.78 is 8.31. The van der Waals surface area contributed by atoms with Gasteiger partial charge in [-0.2, -0.15) is 10.1 Å². The van der Waals surface area contributed by atoms with Gasteiger partial charge in [-0.1, -0.05) is 53.2 Å². The molecule has 9 heteroatoms. The Morgan fingerprint density at radius 3 is 2.77 bits per heavy atom. The van der Waals surface area contributed by atoms with E-state index in [4.69, 9.17) is 16.1 Å². The van der Waals surface area contributed by atoms with Gasteiger partial charge in [0.25, 0.3) is 5.56 Å². The zero-order valence-electron chi connectivity index (χ0n) is 15.9. The zero-order valence-corrected chi connectivity index (χ0v) is 16.6. The van der Waals surface area contributed by atoms with Crippen LogP contribution in [0, 0.1) is 6.92 Å². The summed E-state index contributed by atoms with van der Waals surface area (Å²) in [6.45, 7) is 2.04. The highest BCUT2D eigenvalue weighted by atomic mass is 35.5. The molecular weight excluding hydrogens is 404 g/mol. The standard InChI is InChI=1S/C21H15ClN6O2/c1-13-7-8-15(9-17(13)22)28-20-16(10-24-28)21(29)27(12-23-20)11-18-25-19(26-30-18)14-5-3-2-4-6-14/h2-10,12H,11H2,1H3. The molecule has 5 rings (SSSR count). The van der Waals surface area contributed by atoms with E-state index in [0.29, 0.717) is 27.8 Å². The van der Waals surface area contributed by atoms with Crippen molar-refractivity contribution in [3.8, 4) is 17.1 Å². The van der Waals surface area contributed by atoms with Crippen LogP contribution in [0.25, 0.3) is 28.1 Å². The van der Waals surface area contributed by atoms with Gasteiger partial charge in [0.05, 0.1) is 11.9 Å². The van der Waals surface area contributed by atoms with E-state index in [9.17, 15) is 4.79 Å². The van der Waals surface area contributed by atoms with E-state index in [1.54, 1.807) is 10.7 Å². The maximum absolute atomic E-state index is 12.9. The maximum Gasteiger partial charge on any atom is 0.264 e.